The van der Waals surface area contributed by atoms with Crippen molar-refractivity contribution in [3.63, 3.8) is 0 Å². The number of ether oxygens (including phenoxy) is 2. The quantitative estimate of drug-likeness (QED) is 0.604. The average Bonchev–Trinajstić information content (AvgIpc) is 2.58. The molecule has 1 heterocycles. The van der Waals surface area contributed by atoms with Crippen LogP contribution in [0.4, 0.5) is 13.2 Å². The molecule has 2 rings (SSSR count). The number of hydrogen-bond acceptors (Lipinski definition) is 5. The van der Waals surface area contributed by atoms with Crippen LogP contribution in [0.15, 0.2) is 36.5 Å². The van der Waals surface area contributed by atoms with Crippen LogP contribution in [0.25, 0.3) is 0 Å². The Labute approximate surface area is 158 Å². The molecule has 1 N–H and O–H groups in total. The maximum Gasteiger partial charge on any atom is 0.433 e. The molecule has 0 radical (unpaired) electrons. The summed E-state index contributed by atoms with van der Waals surface area (Å²) in [5.74, 6) is -1.79. The summed E-state index contributed by atoms with van der Waals surface area (Å²) in [7, 11) is 0. The van der Waals surface area contributed by atoms with Gasteiger partial charge in [0.1, 0.15) is 17.2 Å². The molecule has 0 aliphatic heterocycles. The van der Waals surface area contributed by atoms with Crippen LogP contribution in [0.3, 0.4) is 0 Å². The first-order valence-electron chi connectivity index (χ1n) is 8.12. The van der Waals surface area contributed by atoms with Crippen LogP contribution >= 0.6 is 0 Å². The van der Waals surface area contributed by atoms with E-state index >= 15 is 0 Å². The number of alkyl halides is 3. The maximum atomic E-state index is 12.6. The van der Waals surface area contributed by atoms with Crippen LogP contribution < -0.4 is 9.47 Å². The van der Waals surface area contributed by atoms with E-state index in [-0.39, 0.29) is 17.1 Å². The molecule has 0 aliphatic carbocycles. The first-order chi connectivity index (χ1) is 12.9. The molecule has 9 heteroatoms. The second-order valence-electron chi connectivity index (χ2n) is 6.91. The topological polar surface area (TPSA) is 85.7 Å². The number of hydrogen-bond donors (Lipinski definition) is 1. The summed E-state index contributed by atoms with van der Waals surface area (Å²) in [4.78, 5) is 26.2. The molecule has 150 valence electrons. The van der Waals surface area contributed by atoms with Gasteiger partial charge in [-0.1, -0.05) is 26.8 Å². The predicted octanol–water partition coefficient (Wildman–Crippen LogP) is 4.08. The number of pyridine rings is 1. The van der Waals surface area contributed by atoms with Crippen molar-refractivity contribution in [1.29, 1.82) is 0 Å². The molecule has 1 aromatic heterocycles. The van der Waals surface area contributed by atoms with Crippen LogP contribution in [0.1, 0.15) is 42.4 Å². The zero-order valence-electron chi connectivity index (χ0n) is 15.3. The van der Waals surface area contributed by atoms with Crippen molar-refractivity contribution in [3.8, 4) is 11.5 Å². The highest BCUT2D eigenvalue weighted by Gasteiger charge is 2.32. The lowest BCUT2D eigenvalue weighted by atomic mass is 9.86. The first kappa shape index (κ1) is 21.2. The zero-order chi connectivity index (χ0) is 21.1. The van der Waals surface area contributed by atoms with Crippen LogP contribution in [-0.2, 0) is 16.4 Å². The Morgan fingerprint density at radius 1 is 1.11 bits per heavy atom. The van der Waals surface area contributed by atoms with Gasteiger partial charge in [-0.05, 0) is 23.6 Å². The summed E-state index contributed by atoms with van der Waals surface area (Å²) in [5, 5.41) is 8.70. The predicted molar refractivity (Wildman–Crippen MR) is 92.5 cm³/mol. The lowest BCUT2D eigenvalue weighted by molar-refractivity contribution is -0.141. The fourth-order valence-corrected chi connectivity index (χ4v) is 2.28. The van der Waals surface area contributed by atoms with E-state index in [2.05, 4.69) is 4.98 Å². The number of carbonyl (C=O) groups excluding carboxylic acids is 1. The lowest BCUT2D eigenvalue weighted by Crippen LogP contribution is -2.17. The van der Waals surface area contributed by atoms with Crippen molar-refractivity contribution in [2.24, 2.45) is 0 Å². The largest absolute Gasteiger partial charge is 0.482 e. The van der Waals surface area contributed by atoms with Gasteiger partial charge in [0.2, 0.25) is 0 Å². The molecule has 0 unspecified atom stereocenters. The first-order valence-corrected chi connectivity index (χ1v) is 8.12. The van der Waals surface area contributed by atoms with E-state index in [0.717, 1.165) is 12.3 Å². The van der Waals surface area contributed by atoms with Gasteiger partial charge in [0, 0.05) is 17.8 Å². The van der Waals surface area contributed by atoms with Crippen molar-refractivity contribution in [3.05, 3.63) is 53.3 Å². The molecule has 0 saturated heterocycles. The van der Waals surface area contributed by atoms with Gasteiger partial charge >= 0.3 is 18.1 Å². The van der Waals surface area contributed by atoms with Crippen molar-refractivity contribution in [1.82, 2.24) is 4.98 Å². The number of carbonyl (C=O) groups is 2. The molecule has 0 atom stereocenters. The van der Waals surface area contributed by atoms with Gasteiger partial charge in [-0.2, -0.15) is 13.2 Å². The molecule has 0 aliphatic rings. The van der Waals surface area contributed by atoms with E-state index in [4.69, 9.17) is 14.6 Å². The number of nitrogens with zero attached hydrogens (tertiary/aromatic N) is 1. The Balaban J connectivity index is 2.30. The standard InChI is InChI=1S/C19H18F3NO5/c1-18(2,3)13-6-5-12(27-10-16(24)25)8-14(13)28-17(26)11-4-7-15(23-9-11)19(20,21)22/h4-9H,10H2,1-3H3,(H,24,25). The van der Waals surface area contributed by atoms with E-state index in [1.165, 1.54) is 6.07 Å². The molecule has 0 saturated carbocycles. The smallest absolute Gasteiger partial charge is 0.433 e. The molecule has 2 aromatic rings. The number of aliphatic carboxylic acids is 1. The zero-order valence-corrected chi connectivity index (χ0v) is 15.3. The summed E-state index contributed by atoms with van der Waals surface area (Å²) in [6.07, 6.45) is -3.83. The van der Waals surface area contributed by atoms with Crippen LogP contribution in [-0.4, -0.2) is 28.6 Å². The highest BCUT2D eigenvalue weighted by Crippen LogP contribution is 2.35. The van der Waals surface area contributed by atoms with Gasteiger partial charge in [-0.3, -0.25) is 4.98 Å². The molecule has 0 amide bonds. The van der Waals surface area contributed by atoms with Gasteiger partial charge in [0.05, 0.1) is 5.56 Å². The third-order valence-corrected chi connectivity index (χ3v) is 3.62. The molecule has 0 bridgehead atoms. The molecule has 28 heavy (non-hydrogen) atoms. The lowest BCUT2D eigenvalue weighted by Gasteiger charge is -2.23. The van der Waals surface area contributed by atoms with Gasteiger partial charge < -0.3 is 14.6 Å². The number of halogens is 3. The number of aromatic nitrogens is 1. The van der Waals surface area contributed by atoms with Crippen LogP contribution in [0.2, 0.25) is 0 Å². The van der Waals surface area contributed by atoms with Gasteiger partial charge in [0.15, 0.2) is 6.61 Å². The monoisotopic (exact) mass is 397 g/mol. The molecule has 0 spiro atoms. The second-order valence-corrected chi connectivity index (χ2v) is 6.91. The summed E-state index contributed by atoms with van der Waals surface area (Å²) in [5.41, 5.74) is -1.09. The van der Waals surface area contributed by atoms with E-state index < -0.39 is 35.8 Å². The fraction of sp³-hybridized carbons (Fsp3) is 0.316. The average molecular weight is 397 g/mol. The molecule has 0 fully saturated rings. The number of benzene rings is 1. The van der Waals surface area contributed by atoms with Crippen molar-refractivity contribution < 1.29 is 37.3 Å². The number of carboxylic acid groups (broad SMARTS) is 1. The normalized spacial score (nSPS) is 11.8. The Kier molecular flexibility index (Phi) is 5.96. The molecule has 6 nitrogen and oxygen atoms in total. The van der Waals surface area contributed by atoms with E-state index in [0.29, 0.717) is 11.6 Å². The van der Waals surface area contributed by atoms with Gasteiger partial charge in [-0.25, -0.2) is 9.59 Å². The van der Waals surface area contributed by atoms with Crippen molar-refractivity contribution >= 4 is 11.9 Å². The Bertz CT molecular complexity index is 871. The molecule has 1 aromatic carbocycles. The summed E-state index contributed by atoms with van der Waals surface area (Å²) < 4.78 is 48.2. The number of rotatable bonds is 5. The minimum atomic E-state index is -4.61. The Morgan fingerprint density at radius 2 is 1.79 bits per heavy atom. The maximum absolute atomic E-state index is 12.6. The summed E-state index contributed by atoms with van der Waals surface area (Å²) in [6.45, 7) is 5.04. The van der Waals surface area contributed by atoms with Crippen LogP contribution in [0.5, 0.6) is 11.5 Å². The number of esters is 1. The Morgan fingerprint density at radius 3 is 2.29 bits per heavy atom. The Hall–Kier alpha value is -3.10. The van der Waals surface area contributed by atoms with E-state index in [1.54, 1.807) is 12.1 Å². The van der Waals surface area contributed by atoms with Crippen LogP contribution in [0, 0.1) is 0 Å². The van der Waals surface area contributed by atoms with Gasteiger partial charge in [0.25, 0.3) is 0 Å². The van der Waals surface area contributed by atoms with Gasteiger partial charge in [-0.15, -0.1) is 0 Å². The minimum absolute atomic E-state index is 0.111. The summed E-state index contributed by atoms with van der Waals surface area (Å²) in [6, 6.07) is 6.19. The second kappa shape index (κ2) is 7.87. The third kappa shape index (κ3) is 5.45. The SMILES string of the molecule is CC(C)(C)c1ccc(OCC(=O)O)cc1OC(=O)c1ccc(C(F)(F)F)nc1. The van der Waals surface area contributed by atoms with E-state index in [1.807, 2.05) is 20.8 Å². The highest BCUT2D eigenvalue weighted by atomic mass is 19.4. The van der Waals surface area contributed by atoms with E-state index in [9.17, 15) is 22.8 Å². The fourth-order valence-electron chi connectivity index (χ4n) is 2.28. The van der Waals surface area contributed by atoms with Crippen molar-refractivity contribution in [2.75, 3.05) is 6.61 Å². The molecular weight excluding hydrogens is 379 g/mol. The number of carboxylic acids is 1. The molecular formula is C19H18F3NO5. The van der Waals surface area contributed by atoms with Crippen molar-refractivity contribution in [2.45, 2.75) is 32.4 Å². The third-order valence-electron chi connectivity index (χ3n) is 3.62. The summed E-state index contributed by atoms with van der Waals surface area (Å²) >= 11 is 0. The minimum Gasteiger partial charge on any atom is -0.482 e. The highest BCUT2D eigenvalue weighted by molar-refractivity contribution is 5.91.